The summed E-state index contributed by atoms with van der Waals surface area (Å²) in [6, 6.07) is 4.46. The van der Waals surface area contributed by atoms with Crippen LogP contribution in [0.5, 0.6) is 0 Å². The van der Waals surface area contributed by atoms with Gasteiger partial charge in [-0.15, -0.1) is 0 Å². The molecule has 1 aliphatic rings. The summed E-state index contributed by atoms with van der Waals surface area (Å²) in [6.45, 7) is 11.0. The topological polar surface area (TPSA) is 32.8 Å². The van der Waals surface area contributed by atoms with Crippen LogP contribution < -0.4 is 4.90 Å². The molecule has 0 aromatic heterocycles. The summed E-state index contributed by atoms with van der Waals surface area (Å²) in [5.74, 6) is -0.292. The Bertz CT molecular complexity index is 548. The van der Waals surface area contributed by atoms with Crippen molar-refractivity contribution in [3.63, 3.8) is 0 Å². The predicted molar refractivity (Wildman–Crippen MR) is 86.9 cm³/mol. The van der Waals surface area contributed by atoms with Crippen LogP contribution in [-0.4, -0.2) is 50.7 Å². The van der Waals surface area contributed by atoms with E-state index in [4.69, 9.17) is 4.74 Å². The van der Waals surface area contributed by atoms with Crippen molar-refractivity contribution in [3.8, 4) is 0 Å². The Kier molecular flexibility index (Phi) is 4.68. The van der Waals surface area contributed by atoms with Crippen molar-refractivity contribution in [3.05, 3.63) is 35.4 Å². The second-order valence-electron chi connectivity index (χ2n) is 5.57. The second kappa shape index (κ2) is 6.31. The third kappa shape index (κ3) is 2.95. The van der Waals surface area contributed by atoms with Gasteiger partial charge in [0.05, 0.1) is 18.7 Å². The summed E-state index contributed by atoms with van der Waals surface area (Å²) in [6.07, 6.45) is 1.77. The van der Waals surface area contributed by atoms with Crippen LogP contribution in [0, 0.1) is 6.92 Å². The summed E-state index contributed by atoms with van der Waals surface area (Å²) in [4.78, 5) is 16.7. The second-order valence-corrected chi connectivity index (χ2v) is 5.57. The number of carbonyl (C=O) groups is 1. The highest BCUT2D eigenvalue weighted by atomic mass is 16.5. The maximum Gasteiger partial charge on any atom is 0.338 e. The van der Waals surface area contributed by atoms with Gasteiger partial charge in [-0.1, -0.05) is 12.7 Å². The molecule has 0 saturated carbocycles. The lowest BCUT2D eigenvalue weighted by Gasteiger charge is -2.45. The van der Waals surface area contributed by atoms with E-state index in [9.17, 15) is 4.79 Å². The van der Waals surface area contributed by atoms with E-state index in [1.165, 1.54) is 7.11 Å². The van der Waals surface area contributed by atoms with Gasteiger partial charge in [0, 0.05) is 25.3 Å². The van der Waals surface area contributed by atoms with Crippen molar-refractivity contribution in [2.75, 3.05) is 38.7 Å². The molecular formula is C17H24N2O2. The number of anilines is 1. The molecule has 1 fully saturated rings. The molecule has 4 heteroatoms. The van der Waals surface area contributed by atoms with Crippen LogP contribution in [0.15, 0.2) is 18.7 Å². The molecular weight excluding hydrogens is 264 g/mol. The number of carbonyl (C=O) groups excluding carboxylic acids is 1. The number of benzene rings is 1. The first-order valence-corrected chi connectivity index (χ1v) is 7.32. The van der Waals surface area contributed by atoms with E-state index in [2.05, 4.69) is 36.4 Å². The van der Waals surface area contributed by atoms with Crippen molar-refractivity contribution in [1.29, 1.82) is 0 Å². The summed E-state index contributed by atoms with van der Waals surface area (Å²) in [5, 5.41) is 0. The molecule has 0 amide bonds. The summed E-state index contributed by atoms with van der Waals surface area (Å²) >= 11 is 0. The Labute approximate surface area is 127 Å². The summed E-state index contributed by atoms with van der Waals surface area (Å²) in [5.41, 5.74) is 3.65. The molecule has 0 aliphatic carbocycles. The standard InChI is InChI=1S/C17H24N2O2/c1-6-13-8-15(17(20)21-5)12(3)16(9-13)19(7-2)14-10-18(4)11-14/h6,8-9,14H,1,7,10-11H2,2-5H3. The Morgan fingerprint density at radius 1 is 1.52 bits per heavy atom. The van der Waals surface area contributed by atoms with Gasteiger partial charge in [-0.3, -0.25) is 0 Å². The fourth-order valence-corrected chi connectivity index (χ4v) is 2.95. The Morgan fingerprint density at radius 2 is 2.19 bits per heavy atom. The van der Waals surface area contributed by atoms with Gasteiger partial charge < -0.3 is 14.5 Å². The van der Waals surface area contributed by atoms with Crippen molar-refractivity contribution in [2.45, 2.75) is 19.9 Å². The van der Waals surface area contributed by atoms with Gasteiger partial charge in [0.2, 0.25) is 0 Å². The third-order valence-electron chi connectivity index (χ3n) is 4.18. The van der Waals surface area contributed by atoms with Crippen LogP contribution in [0.1, 0.15) is 28.4 Å². The quantitative estimate of drug-likeness (QED) is 0.780. The molecule has 0 spiro atoms. The van der Waals surface area contributed by atoms with Gasteiger partial charge in [-0.25, -0.2) is 4.79 Å². The van der Waals surface area contributed by atoms with Crippen molar-refractivity contribution in [2.24, 2.45) is 0 Å². The van der Waals surface area contributed by atoms with Gasteiger partial charge in [-0.2, -0.15) is 0 Å². The third-order valence-corrected chi connectivity index (χ3v) is 4.18. The molecule has 21 heavy (non-hydrogen) atoms. The van der Waals surface area contributed by atoms with E-state index in [-0.39, 0.29) is 5.97 Å². The lowest BCUT2D eigenvalue weighted by atomic mass is 9.99. The fourth-order valence-electron chi connectivity index (χ4n) is 2.95. The Morgan fingerprint density at radius 3 is 2.67 bits per heavy atom. The molecule has 1 heterocycles. The lowest BCUT2D eigenvalue weighted by molar-refractivity contribution is 0.0600. The van der Waals surface area contributed by atoms with Crippen LogP contribution in [0.3, 0.4) is 0 Å². The number of hydrogen-bond donors (Lipinski definition) is 0. The number of esters is 1. The minimum atomic E-state index is -0.292. The first-order valence-electron chi connectivity index (χ1n) is 7.32. The van der Waals surface area contributed by atoms with Crippen molar-refractivity contribution >= 4 is 17.7 Å². The number of likely N-dealkylation sites (N-methyl/N-ethyl adjacent to an activating group) is 2. The molecule has 4 nitrogen and oxygen atoms in total. The highest BCUT2D eigenvalue weighted by Crippen LogP contribution is 2.30. The zero-order valence-corrected chi connectivity index (χ0v) is 13.3. The number of hydrogen-bond acceptors (Lipinski definition) is 4. The van der Waals surface area contributed by atoms with E-state index < -0.39 is 0 Å². The minimum Gasteiger partial charge on any atom is -0.465 e. The lowest BCUT2D eigenvalue weighted by Crippen LogP contribution is -2.58. The minimum absolute atomic E-state index is 0.292. The van der Waals surface area contributed by atoms with Gasteiger partial charge in [0.25, 0.3) is 0 Å². The number of likely N-dealkylation sites (tertiary alicyclic amines) is 1. The Hall–Kier alpha value is -1.81. The number of ether oxygens (including phenoxy) is 1. The molecule has 0 atom stereocenters. The smallest absolute Gasteiger partial charge is 0.338 e. The molecule has 2 rings (SSSR count). The zero-order valence-electron chi connectivity index (χ0n) is 13.3. The highest BCUT2D eigenvalue weighted by molar-refractivity contribution is 5.94. The van der Waals surface area contributed by atoms with Crippen LogP contribution in [0.2, 0.25) is 0 Å². The number of rotatable bonds is 5. The number of nitrogens with zero attached hydrogens (tertiary/aromatic N) is 2. The molecule has 0 unspecified atom stereocenters. The van der Waals surface area contributed by atoms with Gasteiger partial charge >= 0.3 is 5.97 Å². The van der Waals surface area contributed by atoms with Crippen molar-refractivity contribution in [1.82, 2.24) is 4.90 Å². The molecule has 1 aromatic carbocycles. The fraction of sp³-hybridized carbons (Fsp3) is 0.471. The van der Waals surface area contributed by atoms with Gasteiger partial charge in [-0.05, 0) is 44.2 Å². The maximum atomic E-state index is 12.0. The number of methoxy groups -OCH3 is 1. The first-order chi connectivity index (χ1) is 10.0. The van der Waals surface area contributed by atoms with Gasteiger partial charge in [0.1, 0.15) is 0 Å². The molecule has 0 N–H and O–H groups in total. The first kappa shape index (κ1) is 15.6. The van der Waals surface area contributed by atoms with E-state index in [0.29, 0.717) is 11.6 Å². The largest absolute Gasteiger partial charge is 0.465 e. The summed E-state index contributed by atoms with van der Waals surface area (Å²) in [7, 11) is 3.54. The average Bonchev–Trinajstić information content (AvgIpc) is 2.46. The zero-order chi connectivity index (χ0) is 15.6. The van der Waals surface area contributed by atoms with E-state index >= 15 is 0 Å². The SMILES string of the molecule is C=Cc1cc(C(=O)OC)c(C)c(N(CC)C2CN(C)C2)c1. The molecule has 0 radical (unpaired) electrons. The molecule has 0 bridgehead atoms. The maximum absolute atomic E-state index is 12.0. The molecule has 114 valence electrons. The van der Waals surface area contributed by atoms with E-state index in [0.717, 1.165) is 36.4 Å². The van der Waals surface area contributed by atoms with E-state index in [1.54, 1.807) is 6.08 Å². The molecule has 1 saturated heterocycles. The normalized spacial score (nSPS) is 15.4. The van der Waals surface area contributed by atoms with Crippen LogP contribution >= 0.6 is 0 Å². The highest BCUT2D eigenvalue weighted by Gasteiger charge is 2.30. The molecule has 1 aliphatic heterocycles. The van der Waals surface area contributed by atoms with Crippen LogP contribution in [0.25, 0.3) is 6.08 Å². The van der Waals surface area contributed by atoms with E-state index in [1.807, 2.05) is 13.0 Å². The van der Waals surface area contributed by atoms with Gasteiger partial charge in [0.15, 0.2) is 0 Å². The monoisotopic (exact) mass is 288 g/mol. The average molecular weight is 288 g/mol. The molecule has 1 aromatic rings. The van der Waals surface area contributed by atoms with Crippen LogP contribution in [0.4, 0.5) is 5.69 Å². The Balaban J connectivity index is 2.45. The predicted octanol–water partition coefficient (Wildman–Crippen LogP) is 2.56. The van der Waals surface area contributed by atoms with Crippen molar-refractivity contribution < 1.29 is 9.53 Å². The summed E-state index contributed by atoms with van der Waals surface area (Å²) < 4.78 is 4.90. The van der Waals surface area contributed by atoms with Crippen LogP contribution in [-0.2, 0) is 4.74 Å².